The van der Waals surface area contributed by atoms with Gasteiger partial charge in [0.05, 0.1) is 6.61 Å². The first-order chi connectivity index (χ1) is 8.63. The highest BCUT2D eigenvalue weighted by molar-refractivity contribution is 5.30. The molecule has 0 unspecified atom stereocenters. The highest BCUT2D eigenvalue weighted by Crippen LogP contribution is 2.10. The lowest BCUT2D eigenvalue weighted by atomic mass is 10.2. The molecule has 102 valence electrons. The summed E-state index contributed by atoms with van der Waals surface area (Å²) in [6.07, 6.45) is 1.73. The van der Waals surface area contributed by atoms with Crippen LogP contribution >= 0.6 is 0 Å². The van der Waals surface area contributed by atoms with E-state index in [9.17, 15) is 0 Å². The van der Waals surface area contributed by atoms with Crippen LogP contribution in [-0.4, -0.2) is 43.3 Å². The summed E-state index contributed by atoms with van der Waals surface area (Å²) in [6.45, 7) is 9.81. The minimum absolute atomic E-state index is 0.621. The molecule has 1 heterocycles. The van der Waals surface area contributed by atoms with Crippen molar-refractivity contribution in [3.05, 3.63) is 12.3 Å². The second-order valence-corrected chi connectivity index (χ2v) is 4.65. The zero-order chi connectivity index (χ0) is 13.4. The zero-order valence-electron chi connectivity index (χ0n) is 11.8. The van der Waals surface area contributed by atoms with E-state index in [2.05, 4.69) is 29.1 Å². The molecule has 1 rings (SSSR count). The van der Waals surface area contributed by atoms with Crippen LogP contribution in [0, 0.1) is 5.92 Å². The van der Waals surface area contributed by atoms with Crippen LogP contribution in [0.2, 0.25) is 0 Å². The minimum Gasteiger partial charge on any atom is -0.478 e. The van der Waals surface area contributed by atoms with E-state index in [0.29, 0.717) is 24.4 Å². The van der Waals surface area contributed by atoms with Gasteiger partial charge in [0.1, 0.15) is 0 Å². The van der Waals surface area contributed by atoms with Gasteiger partial charge in [-0.05, 0) is 19.4 Å². The summed E-state index contributed by atoms with van der Waals surface area (Å²) in [4.78, 5) is 10.6. The van der Waals surface area contributed by atoms with Gasteiger partial charge in [-0.1, -0.05) is 13.8 Å². The molecule has 0 aliphatic rings. The highest BCUT2D eigenvalue weighted by atomic mass is 16.5. The molecule has 0 aliphatic carbocycles. The van der Waals surface area contributed by atoms with Crippen molar-refractivity contribution in [2.24, 2.45) is 5.92 Å². The normalized spacial score (nSPS) is 10.7. The summed E-state index contributed by atoms with van der Waals surface area (Å²) in [5.41, 5.74) is 0. The number of nitrogens with one attached hydrogen (secondary N) is 1. The minimum atomic E-state index is 0.621. The molecule has 0 atom stereocenters. The predicted molar refractivity (Wildman–Crippen MR) is 74.2 cm³/mol. The van der Waals surface area contributed by atoms with Crippen molar-refractivity contribution in [1.82, 2.24) is 15.3 Å². The van der Waals surface area contributed by atoms with Gasteiger partial charge < -0.3 is 15.0 Å². The standard InChI is InChI=1S/C13H24N4O/c1-5-18-12-6-7-15-13(16-12)17(4)9-8-14-10-11(2)3/h6-7,11,14H,5,8-10H2,1-4H3. The highest BCUT2D eigenvalue weighted by Gasteiger charge is 2.05. The van der Waals surface area contributed by atoms with Crippen LogP contribution in [0.4, 0.5) is 5.95 Å². The van der Waals surface area contributed by atoms with E-state index in [-0.39, 0.29) is 0 Å². The monoisotopic (exact) mass is 252 g/mol. The Morgan fingerprint density at radius 3 is 2.89 bits per heavy atom. The van der Waals surface area contributed by atoms with Crippen molar-refractivity contribution < 1.29 is 4.74 Å². The van der Waals surface area contributed by atoms with Gasteiger partial charge >= 0.3 is 0 Å². The Morgan fingerprint density at radius 1 is 1.44 bits per heavy atom. The first-order valence-electron chi connectivity index (χ1n) is 6.51. The van der Waals surface area contributed by atoms with Gasteiger partial charge in [-0.25, -0.2) is 4.98 Å². The third kappa shape index (κ3) is 5.31. The van der Waals surface area contributed by atoms with Gasteiger partial charge in [-0.2, -0.15) is 4.98 Å². The van der Waals surface area contributed by atoms with E-state index in [0.717, 1.165) is 19.6 Å². The Balaban J connectivity index is 2.40. The van der Waals surface area contributed by atoms with Crippen LogP contribution in [0.1, 0.15) is 20.8 Å². The van der Waals surface area contributed by atoms with Crippen LogP contribution in [0.25, 0.3) is 0 Å². The molecule has 0 saturated heterocycles. The van der Waals surface area contributed by atoms with Gasteiger partial charge in [0.2, 0.25) is 11.8 Å². The quantitative estimate of drug-likeness (QED) is 0.712. The summed E-state index contributed by atoms with van der Waals surface area (Å²) >= 11 is 0. The lowest BCUT2D eigenvalue weighted by Gasteiger charge is -2.18. The van der Waals surface area contributed by atoms with E-state index in [4.69, 9.17) is 4.74 Å². The van der Waals surface area contributed by atoms with Crippen molar-refractivity contribution in [2.75, 3.05) is 38.2 Å². The van der Waals surface area contributed by atoms with E-state index in [1.54, 1.807) is 12.3 Å². The molecule has 0 bridgehead atoms. The van der Waals surface area contributed by atoms with E-state index < -0.39 is 0 Å². The number of nitrogens with zero attached hydrogens (tertiary/aromatic N) is 3. The van der Waals surface area contributed by atoms with Crippen LogP contribution in [0.15, 0.2) is 12.3 Å². The number of hydrogen-bond donors (Lipinski definition) is 1. The Morgan fingerprint density at radius 2 is 2.22 bits per heavy atom. The molecule has 0 saturated carbocycles. The summed E-state index contributed by atoms with van der Waals surface area (Å²) in [5, 5.41) is 3.40. The molecular formula is C13H24N4O. The average Bonchev–Trinajstić information content (AvgIpc) is 2.35. The molecule has 5 nitrogen and oxygen atoms in total. The zero-order valence-corrected chi connectivity index (χ0v) is 11.8. The second-order valence-electron chi connectivity index (χ2n) is 4.65. The van der Waals surface area contributed by atoms with Crippen LogP contribution in [-0.2, 0) is 0 Å². The molecule has 1 aromatic heterocycles. The van der Waals surface area contributed by atoms with E-state index in [1.165, 1.54) is 0 Å². The first-order valence-corrected chi connectivity index (χ1v) is 6.51. The third-order valence-electron chi connectivity index (χ3n) is 2.43. The summed E-state index contributed by atoms with van der Waals surface area (Å²) in [7, 11) is 1.99. The van der Waals surface area contributed by atoms with Crippen molar-refractivity contribution >= 4 is 5.95 Å². The fraction of sp³-hybridized carbons (Fsp3) is 0.692. The SMILES string of the molecule is CCOc1ccnc(N(C)CCNCC(C)C)n1. The third-order valence-corrected chi connectivity index (χ3v) is 2.43. The van der Waals surface area contributed by atoms with Gasteiger partial charge in [-0.3, -0.25) is 0 Å². The molecule has 0 fully saturated rings. The Bertz CT molecular complexity index is 344. The maximum atomic E-state index is 5.36. The van der Waals surface area contributed by atoms with Crippen LogP contribution in [0.5, 0.6) is 5.88 Å². The Kier molecular flexibility index (Phi) is 6.43. The fourth-order valence-corrected chi connectivity index (χ4v) is 1.48. The van der Waals surface area contributed by atoms with E-state index >= 15 is 0 Å². The molecule has 18 heavy (non-hydrogen) atoms. The first kappa shape index (κ1) is 14.7. The molecular weight excluding hydrogens is 228 g/mol. The molecule has 5 heteroatoms. The number of likely N-dealkylation sites (N-methyl/N-ethyl adjacent to an activating group) is 1. The average molecular weight is 252 g/mol. The maximum absolute atomic E-state index is 5.36. The molecule has 0 aliphatic heterocycles. The van der Waals surface area contributed by atoms with Crippen molar-refractivity contribution in [3.8, 4) is 5.88 Å². The Hall–Kier alpha value is -1.36. The summed E-state index contributed by atoms with van der Waals surface area (Å²) in [5.74, 6) is 2.00. The largest absolute Gasteiger partial charge is 0.478 e. The Labute approximate surface area is 110 Å². The lowest BCUT2D eigenvalue weighted by molar-refractivity contribution is 0.326. The van der Waals surface area contributed by atoms with Crippen molar-refractivity contribution in [1.29, 1.82) is 0 Å². The van der Waals surface area contributed by atoms with E-state index in [1.807, 2.05) is 18.9 Å². The summed E-state index contributed by atoms with van der Waals surface area (Å²) in [6, 6.07) is 1.78. The van der Waals surface area contributed by atoms with Gasteiger partial charge in [0, 0.05) is 32.4 Å². The van der Waals surface area contributed by atoms with Crippen LogP contribution < -0.4 is 15.0 Å². The van der Waals surface area contributed by atoms with Gasteiger partial charge in [0.25, 0.3) is 0 Å². The number of ether oxygens (including phenoxy) is 1. The number of hydrogen-bond acceptors (Lipinski definition) is 5. The predicted octanol–water partition coefficient (Wildman–Crippen LogP) is 1.56. The molecule has 1 aromatic rings. The smallest absolute Gasteiger partial charge is 0.228 e. The number of rotatable bonds is 8. The lowest BCUT2D eigenvalue weighted by Crippen LogP contribution is -2.31. The summed E-state index contributed by atoms with van der Waals surface area (Å²) < 4.78 is 5.36. The molecule has 1 N–H and O–H groups in total. The number of aromatic nitrogens is 2. The second kappa shape index (κ2) is 7.87. The number of anilines is 1. The fourth-order valence-electron chi connectivity index (χ4n) is 1.48. The van der Waals surface area contributed by atoms with Crippen LogP contribution in [0.3, 0.4) is 0 Å². The topological polar surface area (TPSA) is 50.3 Å². The molecule has 0 aromatic carbocycles. The van der Waals surface area contributed by atoms with Crippen molar-refractivity contribution in [2.45, 2.75) is 20.8 Å². The molecule has 0 amide bonds. The maximum Gasteiger partial charge on any atom is 0.228 e. The molecule has 0 spiro atoms. The van der Waals surface area contributed by atoms with Gasteiger partial charge in [-0.15, -0.1) is 0 Å². The van der Waals surface area contributed by atoms with Crippen molar-refractivity contribution in [3.63, 3.8) is 0 Å². The van der Waals surface area contributed by atoms with Gasteiger partial charge in [0.15, 0.2) is 0 Å². The molecule has 0 radical (unpaired) electrons.